The molecule has 1 saturated carbocycles. The first kappa shape index (κ1) is 24.6. The van der Waals surface area contributed by atoms with Crippen molar-refractivity contribution in [2.45, 2.75) is 82.6 Å². The zero-order valence-corrected chi connectivity index (χ0v) is 20.8. The minimum atomic E-state index is -0.0408. The Morgan fingerprint density at radius 2 is 1.76 bits per heavy atom. The molecule has 2 heterocycles. The molecule has 1 aliphatic carbocycles. The zero-order valence-electron chi connectivity index (χ0n) is 19.3. The number of ether oxygens (including phenoxy) is 1. The molecule has 0 aromatic heterocycles. The van der Waals surface area contributed by atoms with Crippen LogP contribution in [0.25, 0.3) is 6.08 Å². The summed E-state index contributed by atoms with van der Waals surface area (Å²) in [7, 11) is 0. The standard InChI is InChI=1S/C26H35Cl2N3O2/c27-22-14-21-13-19(18-33-24(21)23(28)15-22)16-30-31-25(32)20-9-12-26(29-17-20)10-7-5-3-1-2-4-6-8-11-26/h13-16,20,29H,1-12,17-18H2,(H,31,32)/b30-16+. The van der Waals surface area contributed by atoms with Crippen molar-refractivity contribution in [3.8, 4) is 5.75 Å². The number of carbonyl (C=O) groups is 1. The average Bonchev–Trinajstić information content (AvgIpc) is 2.85. The van der Waals surface area contributed by atoms with E-state index in [9.17, 15) is 4.79 Å². The summed E-state index contributed by atoms with van der Waals surface area (Å²) in [5.41, 5.74) is 4.62. The van der Waals surface area contributed by atoms with Gasteiger partial charge >= 0.3 is 0 Å². The van der Waals surface area contributed by atoms with Gasteiger partial charge in [-0.25, -0.2) is 5.43 Å². The normalized spacial score (nSPS) is 23.8. The molecule has 0 radical (unpaired) electrons. The highest BCUT2D eigenvalue weighted by atomic mass is 35.5. The highest BCUT2D eigenvalue weighted by Crippen LogP contribution is 2.36. The number of hydrogen-bond donors (Lipinski definition) is 2. The Morgan fingerprint density at radius 1 is 1.06 bits per heavy atom. The van der Waals surface area contributed by atoms with Crippen molar-refractivity contribution >= 4 is 41.4 Å². The van der Waals surface area contributed by atoms with Crippen LogP contribution >= 0.6 is 23.2 Å². The summed E-state index contributed by atoms with van der Waals surface area (Å²) in [6.45, 7) is 1.08. The van der Waals surface area contributed by atoms with Gasteiger partial charge in [0.15, 0.2) is 0 Å². The number of amides is 1. The van der Waals surface area contributed by atoms with Crippen LogP contribution in [-0.2, 0) is 4.79 Å². The molecule has 0 bridgehead atoms. The molecule has 1 amide bonds. The van der Waals surface area contributed by atoms with Crippen LogP contribution in [0.1, 0.15) is 82.6 Å². The topological polar surface area (TPSA) is 62.7 Å². The third-order valence-electron chi connectivity index (χ3n) is 7.29. The predicted octanol–water partition coefficient (Wildman–Crippen LogP) is 6.52. The maximum atomic E-state index is 12.7. The van der Waals surface area contributed by atoms with E-state index in [2.05, 4.69) is 15.8 Å². The lowest BCUT2D eigenvalue weighted by atomic mass is 9.77. The van der Waals surface area contributed by atoms with E-state index >= 15 is 0 Å². The van der Waals surface area contributed by atoms with Crippen molar-refractivity contribution in [3.05, 3.63) is 33.3 Å². The summed E-state index contributed by atoms with van der Waals surface area (Å²) < 4.78 is 5.73. The molecule has 2 aliphatic heterocycles. The molecule has 1 spiro atoms. The Hall–Kier alpha value is -1.56. The Bertz CT molecular complexity index is 878. The van der Waals surface area contributed by atoms with Gasteiger partial charge in [-0.2, -0.15) is 5.10 Å². The van der Waals surface area contributed by atoms with E-state index in [1.807, 2.05) is 6.08 Å². The molecule has 5 nitrogen and oxygen atoms in total. The summed E-state index contributed by atoms with van der Waals surface area (Å²) in [4.78, 5) is 12.7. The minimum absolute atomic E-state index is 0.0194. The quantitative estimate of drug-likeness (QED) is 0.373. The second kappa shape index (κ2) is 11.7. The summed E-state index contributed by atoms with van der Waals surface area (Å²) in [5, 5.41) is 9.03. The maximum absolute atomic E-state index is 12.7. The molecule has 1 aromatic rings. The van der Waals surface area contributed by atoms with Crippen LogP contribution in [0.15, 0.2) is 22.8 Å². The number of nitrogens with one attached hydrogen (secondary N) is 2. The van der Waals surface area contributed by atoms with Gasteiger partial charge in [-0.15, -0.1) is 0 Å². The number of piperidine rings is 1. The van der Waals surface area contributed by atoms with Crippen LogP contribution in [0.5, 0.6) is 5.75 Å². The van der Waals surface area contributed by atoms with Crippen LogP contribution in [0, 0.1) is 5.92 Å². The summed E-state index contributed by atoms with van der Waals surface area (Å²) in [5.74, 6) is 0.565. The molecule has 33 heavy (non-hydrogen) atoms. The summed E-state index contributed by atoms with van der Waals surface area (Å²) in [6.07, 6.45) is 18.8. The van der Waals surface area contributed by atoms with Crippen molar-refractivity contribution in [3.63, 3.8) is 0 Å². The van der Waals surface area contributed by atoms with Crippen molar-refractivity contribution in [1.29, 1.82) is 0 Å². The molecular weight excluding hydrogens is 457 g/mol. The fourth-order valence-electron chi connectivity index (χ4n) is 5.32. The number of hydrogen-bond acceptors (Lipinski definition) is 4. The lowest BCUT2D eigenvalue weighted by Gasteiger charge is -2.41. The van der Waals surface area contributed by atoms with Gasteiger partial charge in [0.25, 0.3) is 0 Å². The summed E-state index contributed by atoms with van der Waals surface area (Å²) >= 11 is 12.3. The molecule has 7 heteroatoms. The Balaban J connectivity index is 1.28. The number of nitrogens with zero attached hydrogens (tertiary/aromatic N) is 1. The fraction of sp³-hybridized carbons (Fsp3) is 0.615. The molecule has 4 rings (SSSR count). The van der Waals surface area contributed by atoms with Gasteiger partial charge in [0.05, 0.1) is 17.2 Å². The van der Waals surface area contributed by atoms with Crippen molar-refractivity contribution in [2.24, 2.45) is 11.0 Å². The lowest BCUT2D eigenvalue weighted by Crippen LogP contribution is -2.53. The Labute approximate surface area is 207 Å². The van der Waals surface area contributed by atoms with Crippen LogP contribution in [0.4, 0.5) is 0 Å². The SMILES string of the molecule is O=C(N/N=C/C1=Cc2cc(Cl)cc(Cl)c2OC1)C1CCC2(CCCCCCCCCC2)NC1. The lowest BCUT2D eigenvalue weighted by molar-refractivity contribution is -0.126. The molecule has 1 atom stereocenters. The van der Waals surface area contributed by atoms with E-state index in [0.29, 0.717) is 22.4 Å². The fourth-order valence-corrected chi connectivity index (χ4v) is 5.89. The van der Waals surface area contributed by atoms with E-state index in [4.69, 9.17) is 27.9 Å². The monoisotopic (exact) mass is 491 g/mol. The summed E-state index contributed by atoms with van der Waals surface area (Å²) in [6, 6.07) is 3.47. The minimum Gasteiger partial charge on any atom is -0.487 e. The maximum Gasteiger partial charge on any atom is 0.244 e. The third kappa shape index (κ3) is 6.74. The number of halogens is 2. The van der Waals surface area contributed by atoms with Crippen LogP contribution in [0.2, 0.25) is 10.0 Å². The van der Waals surface area contributed by atoms with Gasteiger partial charge < -0.3 is 10.1 Å². The number of hydrazone groups is 1. The van der Waals surface area contributed by atoms with Crippen LogP contribution < -0.4 is 15.5 Å². The van der Waals surface area contributed by atoms with Gasteiger partial charge in [-0.3, -0.25) is 4.79 Å². The number of rotatable bonds is 3. The first-order chi connectivity index (χ1) is 16.0. The third-order valence-corrected chi connectivity index (χ3v) is 7.79. The Morgan fingerprint density at radius 3 is 2.42 bits per heavy atom. The highest BCUT2D eigenvalue weighted by Gasteiger charge is 2.36. The zero-order chi connectivity index (χ0) is 23.1. The van der Waals surface area contributed by atoms with E-state index in [1.54, 1.807) is 18.3 Å². The largest absolute Gasteiger partial charge is 0.487 e. The molecule has 1 saturated heterocycles. The predicted molar refractivity (Wildman–Crippen MR) is 136 cm³/mol. The van der Waals surface area contributed by atoms with Crippen molar-refractivity contribution in [2.75, 3.05) is 13.2 Å². The highest BCUT2D eigenvalue weighted by molar-refractivity contribution is 6.36. The smallest absolute Gasteiger partial charge is 0.244 e. The molecule has 2 fully saturated rings. The number of carbonyl (C=O) groups excluding carboxylic acids is 1. The molecule has 1 unspecified atom stereocenters. The number of fused-ring (bicyclic) bond motifs is 1. The molecular formula is C26H35Cl2N3O2. The average molecular weight is 492 g/mol. The first-order valence-electron chi connectivity index (χ1n) is 12.5. The molecule has 1 aromatic carbocycles. The van der Waals surface area contributed by atoms with E-state index in [0.717, 1.165) is 30.5 Å². The van der Waals surface area contributed by atoms with Crippen LogP contribution in [-0.4, -0.2) is 30.8 Å². The second-order valence-electron chi connectivity index (χ2n) is 9.77. The van der Waals surface area contributed by atoms with Gasteiger partial charge in [0, 0.05) is 28.2 Å². The van der Waals surface area contributed by atoms with Crippen molar-refractivity contribution in [1.82, 2.24) is 10.7 Å². The van der Waals surface area contributed by atoms with Gasteiger partial charge in [0.1, 0.15) is 12.4 Å². The Kier molecular flexibility index (Phi) is 8.72. The molecule has 180 valence electrons. The van der Waals surface area contributed by atoms with E-state index < -0.39 is 0 Å². The van der Waals surface area contributed by atoms with Crippen LogP contribution in [0.3, 0.4) is 0 Å². The number of benzene rings is 1. The van der Waals surface area contributed by atoms with Crippen molar-refractivity contribution < 1.29 is 9.53 Å². The van der Waals surface area contributed by atoms with E-state index in [1.165, 1.54) is 64.2 Å². The first-order valence-corrected chi connectivity index (χ1v) is 13.2. The van der Waals surface area contributed by atoms with E-state index in [-0.39, 0.29) is 17.4 Å². The van der Waals surface area contributed by atoms with Gasteiger partial charge in [-0.05, 0) is 43.9 Å². The van der Waals surface area contributed by atoms with Gasteiger partial charge in [-0.1, -0.05) is 74.6 Å². The molecule has 2 N–H and O–H groups in total. The second-order valence-corrected chi connectivity index (χ2v) is 10.6. The van der Waals surface area contributed by atoms with Gasteiger partial charge in [0.2, 0.25) is 5.91 Å². The molecule has 3 aliphatic rings.